The average Bonchev–Trinajstić information content (AvgIpc) is 2.88. The van der Waals surface area contributed by atoms with Gasteiger partial charge in [0.2, 0.25) is 10.0 Å². The van der Waals surface area contributed by atoms with Crippen molar-refractivity contribution in [2.45, 2.75) is 24.3 Å². The number of hydrogen-bond donors (Lipinski definition) is 3. The molecule has 1 aromatic heterocycles. The van der Waals surface area contributed by atoms with Crippen molar-refractivity contribution >= 4 is 15.7 Å². The summed E-state index contributed by atoms with van der Waals surface area (Å²) in [5.74, 6) is -0.197. The Labute approximate surface area is 116 Å². The van der Waals surface area contributed by atoms with Crippen molar-refractivity contribution in [3.63, 3.8) is 0 Å². The number of halogens is 1. The second-order valence-corrected chi connectivity index (χ2v) is 5.99. The minimum absolute atomic E-state index is 0.0522. The number of hydrogen-bond acceptors (Lipinski definition) is 4. The van der Waals surface area contributed by atoms with Crippen molar-refractivity contribution < 1.29 is 12.8 Å². The summed E-state index contributed by atoms with van der Waals surface area (Å²) in [5, 5.41) is 0. The predicted octanol–water partition coefficient (Wildman–Crippen LogP) is 1.56. The Morgan fingerprint density at radius 1 is 1.45 bits per heavy atom. The second-order valence-electron chi connectivity index (χ2n) is 4.28. The van der Waals surface area contributed by atoms with Crippen LogP contribution in [0.5, 0.6) is 0 Å². The molecule has 0 saturated heterocycles. The molecule has 108 valence electrons. The number of nitrogens with one attached hydrogen (secondary N) is 2. The molecule has 0 radical (unpaired) electrons. The monoisotopic (exact) mass is 298 g/mol. The van der Waals surface area contributed by atoms with Crippen molar-refractivity contribution in [2.24, 2.45) is 0 Å². The highest BCUT2D eigenvalue weighted by atomic mass is 32.2. The summed E-state index contributed by atoms with van der Waals surface area (Å²) >= 11 is 0. The molecule has 0 amide bonds. The first-order valence-corrected chi connectivity index (χ1v) is 7.48. The zero-order valence-electron chi connectivity index (χ0n) is 10.8. The standard InChI is InChI=1S/C12H15FN4O2S/c1-2-11(12-15-3-4-16-12)17-20(18,19)10-6-8(13)5-9(14)7-10/h3-7,11,17H,2,14H2,1H3,(H,15,16). The molecule has 6 nitrogen and oxygen atoms in total. The van der Waals surface area contributed by atoms with Gasteiger partial charge in [-0.1, -0.05) is 6.92 Å². The van der Waals surface area contributed by atoms with Crippen molar-refractivity contribution in [3.8, 4) is 0 Å². The van der Waals surface area contributed by atoms with Gasteiger partial charge in [0, 0.05) is 18.1 Å². The summed E-state index contributed by atoms with van der Waals surface area (Å²) in [4.78, 5) is 6.66. The van der Waals surface area contributed by atoms with Gasteiger partial charge in [-0.05, 0) is 24.6 Å². The van der Waals surface area contributed by atoms with Gasteiger partial charge in [0.1, 0.15) is 11.6 Å². The molecule has 20 heavy (non-hydrogen) atoms. The van der Waals surface area contributed by atoms with E-state index >= 15 is 0 Å². The first kappa shape index (κ1) is 14.5. The van der Waals surface area contributed by atoms with Crippen LogP contribution in [-0.4, -0.2) is 18.4 Å². The van der Waals surface area contributed by atoms with Gasteiger partial charge in [0.25, 0.3) is 0 Å². The number of H-pyrrole nitrogens is 1. The summed E-state index contributed by atoms with van der Waals surface area (Å²) in [5.41, 5.74) is 5.52. The fraction of sp³-hybridized carbons (Fsp3) is 0.250. The van der Waals surface area contributed by atoms with Gasteiger partial charge in [0.05, 0.1) is 10.9 Å². The number of nitrogens with two attached hydrogens (primary N) is 1. The van der Waals surface area contributed by atoms with Crippen LogP contribution in [0.1, 0.15) is 25.2 Å². The number of nitrogen functional groups attached to an aromatic ring is 1. The van der Waals surface area contributed by atoms with Gasteiger partial charge in [-0.3, -0.25) is 0 Å². The summed E-state index contributed by atoms with van der Waals surface area (Å²) in [7, 11) is -3.87. The fourth-order valence-corrected chi connectivity index (χ4v) is 3.14. The van der Waals surface area contributed by atoms with E-state index in [0.717, 1.165) is 12.1 Å². The van der Waals surface area contributed by atoms with E-state index in [9.17, 15) is 12.8 Å². The molecule has 2 rings (SSSR count). The molecular weight excluding hydrogens is 283 g/mol. The number of anilines is 1. The molecule has 0 aliphatic heterocycles. The van der Waals surface area contributed by atoms with Gasteiger partial charge in [-0.15, -0.1) is 0 Å². The van der Waals surface area contributed by atoms with Crippen LogP contribution in [0.15, 0.2) is 35.5 Å². The van der Waals surface area contributed by atoms with E-state index in [4.69, 9.17) is 5.73 Å². The summed E-state index contributed by atoms with van der Waals surface area (Å²) < 4.78 is 40.2. The van der Waals surface area contributed by atoms with Crippen molar-refractivity contribution in [1.29, 1.82) is 0 Å². The van der Waals surface area contributed by atoms with E-state index in [-0.39, 0.29) is 10.6 Å². The number of rotatable bonds is 5. The van der Waals surface area contributed by atoms with Crippen LogP contribution in [0.2, 0.25) is 0 Å². The highest BCUT2D eigenvalue weighted by Crippen LogP contribution is 2.20. The van der Waals surface area contributed by atoms with Crippen molar-refractivity contribution in [3.05, 3.63) is 42.2 Å². The quantitative estimate of drug-likeness (QED) is 0.729. The molecule has 1 atom stereocenters. The molecule has 2 aromatic rings. The molecule has 0 aliphatic rings. The van der Waals surface area contributed by atoms with Gasteiger partial charge in [0.15, 0.2) is 0 Å². The van der Waals surface area contributed by atoms with Gasteiger partial charge >= 0.3 is 0 Å². The number of aromatic amines is 1. The van der Waals surface area contributed by atoms with Crippen molar-refractivity contribution in [2.75, 3.05) is 5.73 Å². The van der Waals surface area contributed by atoms with E-state index in [1.54, 1.807) is 6.20 Å². The Balaban J connectivity index is 2.30. The molecule has 8 heteroatoms. The lowest BCUT2D eigenvalue weighted by Crippen LogP contribution is -2.29. The molecule has 0 saturated carbocycles. The fourth-order valence-electron chi connectivity index (χ4n) is 1.80. The van der Waals surface area contributed by atoms with Crippen LogP contribution < -0.4 is 10.5 Å². The average molecular weight is 298 g/mol. The lowest BCUT2D eigenvalue weighted by Gasteiger charge is -2.15. The highest BCUT2D eigenvalue weighted by Gasteiger charge is 2.22. The number of nitrogens with zero attached hydrogens (tertiary/aromatic N) is 1. The zero-order valence-corrected chi connectivity index (χ0v) is 11.6. The van der Waals surface area contributed by atoms with Crippen LogP contribution in [-0.2, 0) is 10.0 Å². The Morgan fingerprint density at radius 3 is 2.75 bits per heavy atom. The molecule has 4 N–H and O–H groups in total. The summed E-state index contributed by atoms with van der Waals surface area (Å²) in [6.45, 7) is 1.82. The lowest BCUT2D eigenvalue weighted by molar-refractivity contribution is 0.538. The lowest BCUT2D eigenvalue weighted by atomic mass is 10.2. The Hall–Kier alpha value is -1.93. The molecular formula is C12H15FN4O2S. The van der Waals surface area contributed by atoms with E-state index in [1.165, 1.54) is 12.3 Å². The second kappa shape index (κ2) is 5.59. The highest BCUT2D eigenvalue weighted by molar-refractivity contribution is 7.89. The zero-order chi connectivity index (χ0) is 14.8. The maximum Gasteiger partial charge on any atom is 0.241 e. The molecule has 1 heterocycles. The molecule has 1 unspecified atom stereocenters. The molecule has 1 aromatic carbocycles. The minimum atomic E-state index is -3.87. The molecule has 0 bridgehead atoms. The number of benzene rings is 1. The third-order valence-corrected chi connectivity index (χ3v) is 4.21. The summed E-state index contributed by atoms with van der Waals surface area (Å²) in [6, 6.07) is 2.68. The van der Waals surface area contributed by atoms with E-state index < -0.39 is 21.9 Å². The third-order valence-electron chi connectivity index (χ3n) is 2.76. The van der Waals surface area contributed by atoms with E-state index in [1.807, 2.05) is 6.92 Å². The van der Waals surface area contributed by atoms with Gasteiger partial charge < -0.3 is 10.7 Å². The van der Waals surface area contributed by atoms with Crippen LogP contribution in [0, 0.1) is 5.82 Å². The largest absolute Gasteiger partial charge is 0.399 e. The Bertz CT molecular complexity index is 665. The number of imidazole rings is 1. The normalized spacial score (nSPS) is 13.3. The van der Waals surface area contributed by atoms with E-state index in [2.05, 4.69) is 14.7 Å². The molecule has 0 spiro atoms. The Kier molecular flexibility index (Phi) is 4.05. The molecule has 0 fully saturated rings. The third kappa shape index (κ3) is 3.14. The number of sulfonamides is 1. The Morgan fingerprint density at radius 2 is 2.20 bits per heavy atom. The first-order chi connectivity index (χ1) is 9.42. The predicted molar refractivity (Wildman–Crippen MR) is 72.8 cm³/mol. The van der Waals surface area contributed by atoms with Crippen LogP contribution in [0.3, 0.4) is 0 Å². The SMILES string of the molecule is CCC(NS(=O)(=O)c1cc(N)cc(F)c1)c1ncc[nH]1. The maximum absolute atomic E-state index is 13.3. The minimum Gasteiger partial charge on any atom is -0.399 e. The number of aromatic nitrogens is 2. The first-order valence-electron chi connectivity index (χ1n) is 6.00. The van der Waals surface area contributed by atoms with Gasteiger partial charge in [-0.2, -0.15) is 0 Å². The topological polar surface area (TPSA) is 101 Å². The molecule has 0 aliphatic carbocycles. The van der Waals surface area contributed by atoms with Gasteiger partial charge in [-0.25, -0.2) is 22.5 Å². The van der Waals surface area contributed by atoms with E-state index in [0.29, 0.717) is 12.2 Å². The van der Waals surface area contributed by atoms with Crippen LogP contribution >= 0.6 is 0 Å². The smallest absolute Gasteiger partial charge is 0.241 e. The van der Waals surface area contributed by atoms with Crippen molar-refractivity contribution in [1.82, 2.24) is 14.7 Å². The maximum atomic E-state index is 13.3. The van der Waals surface area contributed by atoms with Crippen LogP contribution in [0.25, 0.3) is 0 Å². The summed E-state index contributed by atoms with van der Waals surface area (Å²) in [6.07, 6.45) is 3.64. The van der Waals surface area contributed by atoms with Crippen LogP contribution in [0.4, 0.5) is 10.1 Å².